The molecule has 1 N–H and O–H groups in total. The van der Waals surface area contributed by atoms with Gasteiger partial charge in [0, 0.05) is 17.8 Å². The smallest absolute Gasteiger partial charge is 0.310 e. The van der Waals surface area contributed by atoms with Gasteiger partial charge in [-0.25, -0.2) is 0 Å². The van der Waals surface area contributed by atoms with Crippen molar-refractivity contribution in [3.8, 4) is 0 Å². The molecule has 2 bridgehead atoms. The zero-order chi connectivity index (χ0) is 26.7. The molecule has 3 saturated heterocycles. The van der Waals surface area contributed by atoms with Crippen LogP contribution in [-0.4, -0.2) is 80.6 Å². The fraction of sp³-hybridized carbons (Fsp3) is 0.552. The fourth-order valence-corrected chi connectivity index (χ4v) is 8.55. The maximum absolute atomic E-state index is 14.3. The van der Waals surface area contributed by atoms with E-state index in [-0.39, 0.29) is 42.3 Å². The Balaban J connectivity index is 1.75. The van der Waals surface area contributed by atoms with Gasteiger partial charge in [0.25, 0.3) is 0 Å². The Morgan fingerprint density at radius 2 is 2.00 bits per heavy atom. The first-order valence-corrected chi connectivity index (χ1v) is 14.0. The van der Waals surface area contributed by atoms with Crippen LogP contribution in [0.3, 0.4) is 0 Å². The summed E-state index contributed by atoms with van der Waals surface area (Å²) in [6.07, 6.45) is 5.77. The summed E-state index contributed by atoms with van der Waals surface area (Å²) in [6, 6.07) is 8.22. The molecule has 6 atom stereocenters. The van der Waals surface area contributed by atoms with Gasteiger partial charge in [-0.2, -0.15) is 0 Å². The number of ether oxygens (including phenoxy) is 1. The summed E-state index contributed by atoms with van der Waals surface area (Å²) in [7, 11) is 0. The number of fused-ring (bicyclic) bond motifs is 1. The first-order valence-electron chi connectivity index (χ1n) is 13.1. The van der Waals surface area contributed by atoms with E-state index >= 15 is 0 Å². The minimum Gasteiger partial charge on any atom is -0.465 e. The quantitative estimate of drug-likeness (QED) is 0.256. The highest BCUT2D eigenvalue weighted by Crippen LogP contribution is 2.67. The Hall–Kier alpha value is -2.58. The van der Waals surface area contributed by atoms with Crippen LogP contribution in [0.5, 0.6) is 0 Å². The molecule has 3 aliphatic heterocycles. The second-order valence-electron chi connectivity index (χ2n) is 10.4. The van der Waals surface area contributed by atoms with Crippen molar-refractivity contribution in [3.05, 3.63) is 61.2 Å². The lowest BCUT2D eigenvalue weighted by atomic mass is 9.71. The summed E-state index contributed by atoms with van der Waals surface area (Å²) in [5, 5.41) is 10.5. The highest BCUT2D eigenvalue weighted by Gasteiger charge is 2.74. The number of hydrogen-bond donors (Lipinski definition) is 1. The monoisotopic (exact) mass is 526 g/mol. The average molecular weight is 527 g/mol. The lowest BCUT2D eigenvalue weighted by Gasteiger charge is -2.40. The number of carbonyl (C=O) groups excluding carboxylic acids is 3. The molecule has 0 aromatic heterocycles. The van der Waals surface area contributed by atoms with E-state index in [1.807, 2.05) is 44.2 Å². The second kappa shape index (κ2) is 11.4. The minimum atomic E-state index is -0.769. The van der Waals surface area contributed by atoms with Crippen LogP contribution in [0.1, 0.15) is 38.7 Å². The van der Waals surface area contributed by atoms with Crippen LogP contribution in [0.15, 0.2) is 55.6 Å². The van der Waals surface area contributed by atoms with Crippen molar-refractivity contribution in [2.24, 2.45) is 11.8 Å². The summed E-state index contributed by atoms with van der Waals surface area (Å²) >= 11 is 1.61. The summed E-state index contributed by atoms with van der Waals surface area (Å²) in [5.41, 5.74) is 0.972. The molecule has 0 radical (unpaired) electrons. The van der Waals surface area contributed by atoms with Crippen LogP contribution >= 0.6 is 11.8 Å². The molecule has 0 saturated carbocycles. The van der Waals surface area contributed by atoms with Crippen molar-refractivity contribution in [2.45, 2.75) is 67.7 Å². The van der Waals surface area contributed by atoms with Gasteiger partial charge in [-0.3, -0.25) is 14.4 Å². The van der Waals surface area contributed by atoms with Gasteiger partial charge in [-0.1, -0.05) is 42.5 Å². The number of thioether (sulfide) groups is 1. The summed E-state index contributed by atoms with van der Waals surface area (Å²) in [5.74, 6) is -1.99. The number of hydrogen-bond acceptors (Lipinski definition) is 6. The van der Waals surface area contributed by atoms with Gasteiger partial charge in [-0.15, -0.1) is 24.9 Å². The van der Waals surface area contributed by atoms with Crippen LogP contribution in [0.4, 0.5) is 0 Å². The first kappa shape index (κ1) is 27.5. The van der Waals surface area contributed by atoms with E-state index in [1.165, 1.54) is 0 Å². The highest BCUT2D eigenvalue weighted by atomic mass is 32.2. The molecule has 1 spiro atoms. The Kier molecular flexibility index (Phi) is 8.49. The normalized spacial score (nSPS) is 28.8. The molecule has 1 aromatic rings. The van der Waals surface area contributed by atoms with E-state index in [0.717, 1.165) is 12.0 Å². The Morgan fingerprint density at radius 1 is 1.27 bits per heavy atom. The molecule has 3 fully saturated rings. The molecule has 2 amide bonds. The standard InChI is InChI=1S/C29H38N2O5S/c1-5-7-16-36-28(35)23-22-13-14-29(37-22)24(23)26(33)31(21(18-32)17-20-11-9-8-10-12-20)25(29)27(34)30(15-6-2)19(3)4/h5-6,8-12,19,21-25,32H,1-2,7,13-18H2,3-4H3/t21-,22-,23+,24+,25?,29?/m1/s1. The van der Waals surface area contributed by atoms with E-state index in [9.17, 15) is 19.5 Å². The summed E-state index contributed by atoms with van der Waals surface area (Å²) < 4.78 is 4.83. The third kappa shape index (κ3) is 4.86. The predicted octanol–water partition coefficient (Wildman–Crippen LogP) is 3.22. The van der Waals surface area contributed by atoms with E-state index in [2.05, 4.69) is 13.2 Å². The van der Waals surface area contributed by atoms with Crippen LogP contribution in [-0.2, 0) is 25.5 Å². The van der Waals surface area contributed by atoms with Crippen molar-refractivity contribution in [3.63, 3.8) is 0 Å². The molecule has 4 rings (SSSR count). The second-order valence-corrected chi connectivity index (χ2v) is 12.0. The number of aliphatic hydroxyl groups excluding tert-OH is 1. The molecule has 37 heavy (non-hydrogen) atoms. The predicted molar refractivity (Wildman–Crippen MR) is 145 cm³/mol. The summed E-state index contributed by atoms with van der Waals surface area (Å²) in [4.78, 5) is 45.2. The lowest BCUT2D eigenvalue weighted by Crippen LogP contribution is -2.58. The van der Waals surface area contributed by atoms with Crippen molar-refractivity contribution in [2.75, 3.05) is 19.8 Å². The van der Waals surface area contributed by atoms with Crippen molar-refractivity contribution in [1.29, 1.82) is 0 Å². The largest absolute Gasteiger partial charge is 0.465 e. The van der Waals surface area contributed by atoms with Crippen LogP contribution in [0.25, 0.3) is 0 Å². The zero-order valence-corrected chi connectivity index (χ0v) is 22.6. The molecular weight excluding hydrogens is 488 g/mol. The van der Waals surface area contributed by atoms with Gasteiger partial charge in [0.15, 0.2) is 0 Å². The highest BCUT2D eigenvalue weighted by molar-refractivity contribution is 8.02. The van der Waals surface area contributed by atoms with Crippen LogP contribution < -0.4 is 0 Å². The number of benzene rings is 1. The van der Waals surface area contributed by atoms with Gasteiger partial charge in [0.1, 0.15) is 6.04 Å². The molecule has 200 valence electrons. The SMILES string of the molecule is C=CCCOC(=O)[C@@H]1[C@H]2C(=O)N([C@@H](CO)Cc3ccccc3)C(C(=O)N(CC=C)C(C)C)C23CC[C@H]1S3. The van der Waals surface area contributed by atoms with Gasteiger partial charge in [0.2, 0.25) is 11.8 Å². The molecular formula is C29H38N2O5S. The lowest BCUT2D eigenvalue weighted by molar-refractivity contribution is -0.154. The molecule has 3 aliphatic rings. The van der Waals surface area contributed by atoms with Crippen molar-refractivity contribution >= 4 is 29.5 Å². The number of likely N-dealkylation sites (tertiary alicyclic amines) is 1. The van der Waals surface area contributed by atoms with Crippen molar-refractivity contribution < 1.29 is 24.2 Å². The van der Waals surface area contributed by atoms with Gasteiger partial charge in [-0.05, 0) is 45.1 Å². The number of carbonyl (C=O) groups is 3. The van der Waals surface area contributed by atoms with E-state index in [4.69, 9.17) is 4.74 Å². The molecule has 1 aromatic carbocycles. The third-order valence-corrected chi connectivity index (χ3v) is 9.91. The molecule has 0 aliphatic carbocycles. The molecule has 8 heteroatoms. The number of amides is 2. The molecule has 7 nitrogen and oxygen atoms in total. The minimum absolute atomic E-state index is 0.0590. The maximum atomic E-state index is 14.3. The average Bonchev–Trinajstić information content (AvgIpc) is 3.53. The van der Waals surface area contributed by atoms with E-state index < -0.39 is 28.7 Å². The number of esters is 1. The fourth-order valence-electron chi connectivity index (χ4n) is 6.36. The number of aliphatic hydroxyl groups is 1. The zero-order valence-electron chi connectivity index (χ0n) is 21.8. The topological polar surface area (TPSA) is 87.1 Å². The Labute approximate surface area is 223 Å². The summed E-state index contributed by atoms with van der Waals surface area (Å²) in [6.45, 7) is 11.7. The Bertz CT molecular complexity index is 1030. The van der Waals surface area contributed by atoms with Gasteiger partial charge >= 0.3 is 5.97 Å². The van der Waals surface area contributed by atoms with Gasteiger partial charge < -0.3 is 19.6 Å². The van der Waals surface area contributed by atoms with Crippen molar-refractivity contribution in [1.82, 2.24) is 9.80 Å². The van der Waals surface area contributed by atoms with E-state index in [1.54, 1.807) is 33.7 Å². The van der Waals surface area contributed by atoms with E-state index in [0.29, 0.717) is 25.8 Å². The Morgan fingerprint density at radius 3 is 2.62 bits per heavy atom. The number of nitrogens with zero attached hydrogens (tertiary/aromatic N) is 2. The number of rotatable bonds is 12. The first-order chi connectivity index (χ1) is 17.8. The molecule has 2 unspecified atom stereocenters. The van der Waals surface area contributed by atoms with Crippen LogP contribution in [0, 0.1) is 11.8 Å². The maximum Gasteiger partial charge on any atom is 0.310 e. The van der Waals surface area contributed by atoms with Crippen LogP contribution in [0.2, 0.25) is 0 Å². The molecule has 3 heterocycles. The third-order valence-electron chi connectivity index (χ3n) is 7.96. The van der Waals surface area contributed by atoms with Gasteiger partial charge in [0.05, 0.1) is 35.8 Å².